The summed E-state index contributed by atoms with van der Waals surface area (Å²) in [6, 6.07) is 2.03. The minimum Gasteiger partial charge on any atom is -0.391 e. The molecule has 15 heavy (non-hydrogen) atoms. The summed E-state index contributed by atoms with van der Waals surface area (Å²) in [5, 5.41) is 2.01. The van der Waals surface area contributed by atoms with Crippen molar-refractivity contribution in [3.63, 3.8) is 0 Å². The molecule has 1 saturated heterocycles. The van der Waals surface area contributed by atoms with Gasteiger partial charge in [0.05, 0.1) is 13.1 Å². The molecule has 2 heterocycles. The van der Waals surface area contributed by atoms with E-state index in [0.29, 0.717) is 6.54 Å². The Morgan fingerprint density at radius 2 is 2.07 bits per heavy atom. The van der Waals surface area contributed by atoms with Gasteiger partial charge in [0.1, 0.15) is 0 Å². The molecule has 1 aliphatic heterocycles. The summed E-state index contributed by atoms with van der Waals surface area (Å²) in [5.41, 5.74) is 1.20. The van der Waals surface area contributed by atoms with Gasteiger partial charge < -0.3 is 4.74 Å². The highest BCUT2D eigenvalue weighted by Gasteiger charge is 2.25. The van der Waals surface area contributed by atoms with E-state index in [9.17, 15) is 9.59 Å². The fraction of sp³-hybridized carbons (Fsp3) is 0.400. The number of carbonyl (C=O) groups is 2. The van der Waals surface area contributed by atoms with Gasteiger partial charge in [0.15, 0.2) is 0 Å². The zero-order chi connectivity index (χ0) is 10.8. The largest absolute Gasteiger partial charge is 0.391 e. The Bertz CT molecular complexity index is 383. The second kappa shape index (κ2) is 4.12. The second-order valence-electron chi connectivity index (χ2n) is 3.52. The van der Waals surface area contributed by atoms with E-state index in [1.165, 1.54) is 10.4 Å². The first kappa shape index (κ1) is 10.3. The van der Waals surface area contributed by atoms with E-state index < -0.39 is 11.9 Å². The van der Waals surface area contributed by atoms with Crippen molar-refractivity contribution in [3.8, 4) is 0 Å². The minimum atomic E-state index is -0.458. The predicted molar refractivity (Wildman–Crippen MR) is 55.4 cm³/mol. The molecule has 80 valence electrons. The monoisotopic (exact) mass is 225 g/mol. The normalized spacial score (nSPS) is 17.9. The molecule has 1 aromatic rings. The first-order chi connectivity index (χ1) is 7.15. The Labute approximate surface area is 91.5 Å². The van der Waals surface area contributed by atoms with Gasteiger partial charge in [-0.05, 0) is 23.9 Å². The lowest BCUT2D eigenvalue weighted by atomic mass is 10.2. The summed E-state index contributed by atoms with van der Waals surface area (Å²) < 4.78 is 4.45. The highest BCUT2D eigenvalue weighted by atomic mass is 32.1. The predicted octanol–water partition coefficient (Wildman–Crippen LogP) is 0.942. The maximum Gasteiger partial charge on any atom is 0.327 e. The van der Waals surface area contributed by atoms with E-state index in [2.05, 4.69) is 4.74 Å². The molecule has 4 nitrogen and oxygen atoms in total. The third-order valence-electron chi connectivity index (χ3n) is 2.27. The molecular weight excluding hydrogens is 214 g/mol. The van der Waals surface area contributed by atoms with Crippen molar-refractivity contribution in [1.29, 1.82) is 0 Å². The van der Waals surface area contributed by atoms with E-state index in [4.69, 9.17) is 0 Å². The Kier molecular flexibility index (Phi) is 2.83. The number of esters is 2. The molecule has 1 fully saturated rings. The molecule has 0 aliphatic carbocycles. The summed E-state index contributed by atoms with van der Waals surface area (Å²) in [7, 11) is 0. The van der Waals surface area contributed by atoms with Crippen molar-refractivity contribution < 1.29 is 14.3 Å². The van der Waals surface area contributed by atoms with Crippen LogP contribution < -0.4 is 0 Å². The average molecular weight is 225 g/mol. The van der Waals surface area contributed by atoms with Crippen molar-refractivity contribution in [2.45, 2.75) is 13.5 Å². The van der Waals surface area contributed by atoms with E-state index in [1.807, 2.05) is 18.4 Å². The summed E-state index contributed by atoms with van der Waals surface area (Å²) in [6.45, 7) is 3.06. The summed E-state index contributed by atoms with van der Waals surface area (Å²) >= 11 is 1.64. The van der Waals surface area contributed by atoms with E-state index in [0.717, 1.165) is 0 Å². The van der Waals surface area contributed by atoms with Crippen LogP contribution >= 0.6 is 11.3 Å². The zero-order valence-corrected chi connectivity index (χ0v) is 9.17. The number of carbonyl (C=O) groups excluding carboxylic acids is 2. The lowest BCUT2D eigenvalue weighted by Gasteiger charge is -2.23. The molecular formula is C10H11NO3S. The minimum absolute atomic E-state index is 0.197. The van der Waals surface area contributed by atoms with Crippen molar-refractivity contribution in [2.75, 3.05) is 13.1 Å². The van der Waals surface area contributed by atoms with Crippen LogP contribution in [0.3, 0.4) is 0 Å². The fourth-order valence-corrected chi connectivity index (χ4v) is 2.44. The van der Waals surface area contributed by atoms with Gasteiger partial charge >= 0.3 is 11.9 Å². The average Bonchev–Trinajstić information content (AvgIpc) is 2.50. The first-order valence-electron chi connectivity index (χ1n) is 4.64. The van der Waals surface area contributed by atoms with E-state index in [-0.39, 0.29) is 13.1 Å². The van der Waals surface area contributed by atoms with Gasteiger partial charge in [0, 0.05) is 11.4 Å². The van der Waals surface area contributed by atoms with Crippen LogP contribution in [0.4, 0.5) is 0 Å². The van der Waals surface area contributed by atoms with E-state index in [1.54, 1.807) is 16.2 Å². The summed E-state index contributed by atoms with van der Waals surface area (Å²) in [5.74, 6) is -0.916. The number of aryl methyl sites for hydroxylation is 1. The highest BCUT2D eigenvalue weighted by molar-refractivity contribution is 7.10. The van der Waals surface area contributed by atoms with Crippen LogP contribution in [0.2, 0.25) is 0 Å². The maximum absolute atomic E-state index is 11.0. The maximum atomic E-state index is 11.0. The van der Waals surface area contributed by atoms with Crippen LogP contribution in [0.5, 0.6) is 0 Å². The lowest BCUT2D eigenvalue weighted by Crippen LogP contribution is -2.42. The van der Waals surface area contributed by atoms with Crippen LogP contribution in [-0.2, 0) is 20.9 Å². The first-order valence-corrected chi connectivity index (χ1v) is 5.52. The number of morpholine rings is 1. The number of hydrogen-bond donors (Lipinski definition) is 0. The van der Waals surface area contributed by atoms with Gasteiger partial charge in [-0.3, -0.25) is 14.5 Å². The highest BCUT2D eigenvalue weighted by Crippen LogP contribution is 2.18. The molecule has 0 saturated carbocycles. The summed E-state index contributed by atoms with van der Waals surface area (Å²) in [6.07, 6.45) is 0. The van der Waals surface area contributed by atoms with Crippen molar-refractivity contribution in [1.82, 2.24) is 4.90 Å². The van der Waals surface area contributed by atoms with Gasteiger partial charge in [-0.1, -0.05) is 0 Å². The van der Waals surface area contributed by atoms with Crippen molar-refractivity contribution >= 4 is 23.3 Å². The number of thiophene rings is 1. The van der Waals surface area contributed by atoms with Crippen molar-refractivity contribution in [3.05, 3.63) is 21.9 Å². The van der Waals surface area contributed by atoms with Gasteiger partial charge in [-0.25, -0.2) is 0 Å². The van der Waals surface area contributed by atoms with Crippen LogP contribution in [-0.4, -0.2) is 29.9 Å². The molecule has 0 spiro atoms. The quantitative estimate of drug-likeness (QED) is 0.555. The van der Waals surface area contributed by atoms with Gasteiger partial charge in [-0.2, -0.15) is 0 Å². The smallest absolute Gasteiger partial charge is 0.327 e. The molecule has 0 N–H and O–H groups in total. The lowest BCUT2D eigenvalue weighted by molar-refractivity contribution is -0.167. The Morgan fingerprint density at radius 3 is 2.60 bits per heavy atom. The Morgan fingerprint density at radius 1 is 1.40 bits per heavy atom. The molecule has 0 amide bonds. The fourth-order valence-electron chi connectivity index (χ4n) is 1.49. The molecule has 1 aromatic heterocycles. The van der Waals surface area contributed by atoms with Crippen LogP contribution in [0.25, 0.3) is 0 Å². The van der Waals surface area contributed by atoms with Gasteiger partial charge in [-0.15, -0.1) is 11.3 Å². The molecule has 1 aliphatic rings. The third kappa shape index (κ3) is 2.43. The second-order valence-corrected chi connectivity index (χ2v) is 4.52. The third-order valence-corrected chi connectivity index (χ3v) is 3.28. The molecule has 0 bridgehead atoms. The SMILES string of the molecule is Cc1ccsc1CN1CC(=O)OC(=O)C1. The summed E-state index contributed by atoms with van der Waals surface area (Å²) in [4.78, 5) is 25.0. The van der Waals surface area contributed by atoms with Crippen LogP contribution in [0.1, 0.15) is 10.4 Å². The molecule has 0 unspecified atom stereocenters. The molecule has 0 aromatic carbocycles. The Hall–Kier alpha value is -1.20. The standard InChI is InChI=1S/C10H11NO3S/c1-7-2-3-15-8(7)4-11-5-9(12)14-10(13)6-11/h2-3H,4-6H2,1H3. The molecule has 0 atom stereocenters. The number of rotatable bonds is 2. The van der Waals surface area contributed by atoms with Gasteiger partial charge in [0.2, 0.25) is 0 Å². The van der Waals surface area contributed by atoms with Crippen molar-refractivity contribution in [2.24, 2.45) is 0 Å². The number of cyclic esters (lactones) is 2. The number of ether oxygens (including phenoxy) is 1. The van der Waals surface area contributed by atoms with E-state index >= 15 is 0 Å². The van der Waals surface area contributed by atoms with Crippen LogP contribution in [0, 0.1) is 6.92 Å². The van der Waals surface area contributed by atoms with Gasteiger partial charge in [0.25, 0.3) is 0 Å². The number of hydrogen-bond acceptors (Lipinski definition) is 5. The topological polar surface area (TPSA) is 46.6 Å². The zero-order valence-electron chi connectivity index (χ0n) is 8.36. The number of nitrogens with zero attached hydrogens (tertiary/aromatic N) is 1. The van der Waals surface area contributed by atoms with Crippen LogP contribution in [0.15, 0.2) is 11.4 Å². The molecule has 2 rings (SSSR count). The molecule has 0 radical (unpaired) electrons. The molecule has 5 heteroatoms. The Balaban J connectivity index is 2.03.